The van der Waals surface area contributed by atoms with Gasteiger partial charge in [0.15, 0.2) is 11.6 Å². The molecule has 2 heterocycles. The van der Waals surface area contributed by atoms with Gasteiger partial charge >= 0.3 is 0 Å². The number of hydrogen-bond donors (Lipinski definition) is 1. The van der Waals surface area contributed by atoms with E-state index in [1.807, 2.05) is 6.07 Å². The van der Waals surface area contributed by atoms with Crippen LogP contribution in [0.1, 0.15) is 36.6 Å². The van der Waals surface area contributed by atoms with Crippen LogP contribution in [0, 0.1) is 28.9 Å². The molecule has 0 spiro atoms. The number of nitriles is 1. The zero-order valence-corrected chi connectivity index (χ0v) is 14.8. The van der Waals surface area contributed by atoms with Gasteiger partial charge < -0.3 is 5.32 Å². The van der Waals surface area contributed by atoms with Gasteiger partial charge in [-0.25, -0.2) is 23.8 Å². The van der Waals surface area contributed by atoms with Crippen LogP contribution in [-0.4, -0.2) is 33.6 Å². The predicted molar refractivity (Wildman–Crippen MR) is 93.4 cm³/mol. The molecule has 0 radical (unpaired) electrons. The average molecular weight is 385 g/mol. The van der Waals surface area contributed by atoms with E-state index in [1.165, 1.54) is 23.4 Å². The molecular formula is C19H17F2N5O2. The van der Waals surface area contributed by atoms with Gasteiger partial charge in [0.05, 0.1) is 12.6 Å². The molecule has 1 saturated heterocycles. The summed E-state index contributed by atoms with van der Waals surface area (Å²) < 4.78 is 26.7. The number of aromatic nitrogens is 2. The van der Waals surface area contributed by atoms with E-state index in [9.17, 15) is 13.6 Å². The van der Waals surface area contributed by atoms with E-state index in [0.29, 0.717) is 37.4 Å². The number of rotatable bonds is 4. The van der Waals surface area contributed by atoms with E-state index >= 15 is 0 Å². The molecule has 1 aliphatic heterocycles. The van der Waals surface area contributed by atoms with Gasteiger partial charge in [-0.15, -0.1) is 0 Å². The molecule has 2 aromatic rings. The van der Waals surface area contributed by atoms with Crippen LogP contribution in [-0.2, 0) is 9.63 Å². The van der Waals surface area contributed by atoms with Crippen LogP contribution in [0.2, 0.25) is 0 Å². The summed E-state index contributed by atoms with van der Waals surface area (Å²) in [5.74, 6) is -1.91. The number of amides is 1. The van der Waals surface area contributed by atoms with Crippen molar-refractivity contribution in [3.8, 4) is 6.07 Å². The second-order valence-electron chi connectivity index (χ2n) is 6.86. The molecule has 1 aromatic carbocycles. The van der Waals surface area contributed by atoms with Crippen molar-refractivity contribution in [3.63, 3.8) is 0 Å². The maximum absolute atomic E-state index is 13.5. The topological polar surface area (TPSA) is 91.1 Å². The predicted octanol–water partition coefficient (Wildman–Crippen LogP) is 2.72. The molecule has 4 rings (SSSR count). The maximum Gasteiger partial charge on any atom is 0.249 e. The average Bonchev–Trinajstić information content (AvgIpc) is 3.16. The van der Waals surface area contributed by atoms with Gasteiger partial charge in [-0.1, -0.05) is 6.07 Å². The Morgan fingerprint density at radius 3 is 2.86 bits per heavy atom. The van der Waals surface area contributed by atoms with Crippen molar-refractivity contribution in [3.05, 3.63) is 53.4 Å². The van der Waals surface area contributed by atoms with E-state index < -0.39 is 17.7 Å². The van der Waals surface area contributed by atoms with Crippen molar-refractivity contribution in [1.29, 1.82) is 5.26 Å². The van der Waals surface area contributed by atoms with E-state index in [0.717, 1.165) is 12.1 Å². The Balaban J connectivity index is 1.37. The third-order valence-electron chi connectivity index (χ3n) is 5.04. The fourth-order valence-corrected chi connectivity index (χ4v) is 3.50. The number of halogens is 2. The van der Waals surface area contributed by atoms with Gasteiger partial charge in [-0.05, 0) is 36.6 Å². The third kappa shape index (κ3) is 3.51. The molecule has 2 aliphatic rings. The Morgan fingerprint density at radius 2 is 2.11 bits per heavy atom. The van der Waals surface area contributed by atoms with Crippen LogP contribution in [0.25, 0.3) is 0 Å². The van der Waals surface area contributed by atoms with E-state index in [1.54, 1.807) is 0 Å². The lowest BCUT2D eigenvalue weighted by Gasteiger charge is -2.37. The highest BCUT2D eigenvalue weighted by Gasteiger charge is 2.42. The van der Waals surface area contributed by atoms with Crippen LogP contribution in [0.5, 0.6) is 0 Å². The Labute approximate surface area is 159 Å². The van der Waals surface area contributed by atoms with Crippen molar-refractivity contribution in [2.75, 3.05) is 11.9 Å². The van der Waals surface area contributed by atoms with Crippen LogP contribution >= 0.6 is 0 Å². The molecule has 1 saturated carbocycles. The summed E-state index contributed by atoms with van der Waals surface area (Å²) in [6.07, 6.45) is 3.17. The monoisotopic (exact) mass is 385 g/mol. The fourth-order valence-electron chi connectivity index (χ4n) is 3.50. The minimum absolute atomic E-state index is 0.0206. The SMILES string of the molecule is N#Cc1ccnc(N[C@H]2C[C@@H](C(=O)N3OCC[C@H]3c3ccc(F)c(F)c3)C2)n1. The van der Waals surface area contributed by atoms with Crippen molar-refractivity contribution < 1.29 is 18.4 Å². The number of benzene rings is 1. The number of anilines is 1. The van der Waals surface area contributed by atoms with Gasteiger partial charge in [-0.2, -0.15) is 5.26 Å². The van der Waals surface area contributed by atoms with Crippen LogP contribution < -0.4 is 5.32 Å². The number of carbonyl (C=O) groups excluding carboxylic acids is 1. The number of nitrogens with one attached hydrogen (secondary N) is 1. The van der Waals surface area contributed by atoms with Crippen molar-refractivity contribution in [2.45, 2.75) is 31.3 Å². The van der Waals surface area contributed by atoms with Gasteiger partial charge in [0.1, 0.15) is 11.8 Å². The number of carbonyl (C=O) groups is 1. The molecule has 1 atom stereocenters. The normalized spacial score (nSPS) is 23.8. The molecule has 144 valence electrons. The number of nitrogens with zero attached hydrogens (tertiary/aromatic N) is 4. The Kier molecular flexibility index (Phi) is 4.88. The standard InChI is InChI=1S/C19H17F2N5O2/c20-15-2-1-11(9-16(15)21)17-4-6-28-26(17)18(27)12-7-14(8-12)25-19-23-5-3-13(10-22)24-19/h1-3,5,9,12,14,17H,4,6-8H2,(H,23,24,25)/t12-,14+,17-/m0/s1. The first-order chi connectivity index (χ1) is 13.5. The first-order valence-electron chi connectivity index (χ1n) is 8.96. The first kappa shape index (κ1) is 18.3. The highest BCUT2D eigenvalue weighted by Crippen LogP contribution is 2.37. The van der Waals surface area contributed by atoms with Crippen LogP contribution in [0.3, 0.4) is 0 Å². The van der Waals surface area contributed by atoms with Crippen molar-refractivity contribution in [2.24, 2.45) is 5.92 Å². The molecular weight excluding hydrogens is 368 g/mol. The lowest BCUT2D eigenvalue weighted by atomic mass is 9.79. The Hall–Kier alpha value is -3.12. The summed E-state index contributed by atoms with van der Waals surface area (Å²) in [5.41, 5.74) is 0.782. The molecule has 0 unspecified atom stereocenters. The first-order valence-corrected chi connectivity index (χ1v) is 8.96. The smallest absolute Gasteiger partial charge is 0.249 e. The fraction of sp³-hybridized carbons (Fsp3) is 0.368. The number of hydroxylamine groups is 2. The molecule has 9 heteroatoms. The molecule has 0 bridgehead atoms. The minimum atomic E-state index is -0.940. The van der Waals surface area contributed by atoms with Gasteiger partial charge in [-0.3, -0.25) is 9.63 Å². The lowest BCUT2D eigenvalue weighted by molar-refractivity contribution is -0.184. The van der Waals surface area contributed by atoms with E-state index in [2.05, 4.69) is 15.3 Å². The molecule has 1 aromatic heterocycles. The van der Waals surface area contributed by atoms with Crippen molar-refractivity contribution in [1.82, 2.24) is 15.0 Å². The number of hydrogen-bond acceptors (Lipinski definition) is 6. The second kappa shape index (κ2) is 7.48. The highest BCUT2D eigenvalue weighted by atomic mass is 19.2. The van der Waals surface area contributed by atoms with Crippen molar-refractivity contribution >= 4 is 11.9 Å². The summed E-state index contributed by atoms with van der Waals surface area (Å²) in [4.78, 5) is 26.4. The zero-order valence-electron chi connectivity index (χ0n) is 14.8. The summed E-state index contributed by atoms with van der Waals surface area (Å²) in [7, 11) is 0. The van der Waals surface area contributed by atoms with Gasteiger partial charge in [0.2, 0.25) is 11.9 Å². The Bertz CT molecular complexity index is 942. The molecule has 28 heavy (non-hydrogen) atoms. The van der Waals surface area contributed by atoms with E-state index in [4.69, 9.17) is 10.1 Å². The van der Waals surface area contributed by atoms with E-state index in [-0.39, 0.29) is 23.6 Å². The quantitative estimate of drug-likeness (QED) is 0.870. The molecule has 1 amide bonds. The maximum atomic E-state index is 13.5. The highest BCUT2D eigenvalue weighted by molar-refractivity contribution is 5.79. The minimum Gasteiger partial charge on any atom is -0.351 e. The molecule has 1 N–H and O–H groups in total. The lowest BCUT2D eigenvalue weighted by Crippen LogP contribution is -2.45. The summed E-state index contributed by atoms with van der Waals surface area (Å²) in [5, 5.41) is 13.3. The summed E-state index contributed by atoms with van der Waals surface area (Å²) >= 11 is 0. The van der Waals surface area contributed by atoms with Gasteiger partial charge in [0, 0.05) is 24.6 Å². The molecule has 7 nitrogen and oxygen atoms in total. The largest absolute Gasteiger partial charge is 0.351 e. The van der Waals surface area contributed by atoms with Crippen LogP contribution in [0.15, 0.2) is 30.5 Å². The van der Waals surface area contributed by atoms with Crippen LogP contribution in [0.4, 0.5) is 14.7 Å². The second-order valence-corrected chi connectivity index (χ2v) is 6.86. The third-order valence-corrected chi connectivity index (χ3v) is 5.04. The molecule has 2 fully saturated rings. The van der Waals surface area contributed by atoms with Gasteiger partial charge in [0.25, 0.3) is 0 Å². The Morgan fingerprint density at radius 1 is 1.29 bits per heavy atom. The zero-order chi connectivity index (χ0) is 19.7. The summed E-state index contributed by atoms with van der Waals surface area (Å²) in [6, 6.07) is 6.71. The molecule has 1 aliphatic carbocycles. The summed E-state index contributed by atoms with van der Waals surface area (Å²) in [6.45, 7) is 0.346.